The maximum absolute atomic E-state index is 9.44. The van der Waals surface area contributed by atoms with Crippen LogP contribution in [0.3, 0.4) is 0 Å². The van der Waals surface area contributed by atoms with Crippen molar-refractivity contribution in [1.29, 1.82) is 5.26 Å². The average molecular weight is 453 g/mol. The number of aromatic nitrogens is 4. The number of imidazole rings is 1. The summed E-state index contributed by atoms with van der Waals surface area (Å²) in [5.74, 6) is 0.660. The summed E-state index contributed by atoms with van der Waals surface area (Å²) < 4.78 is 7.53. The molecular formula is C26H24N6O2. The molecule has 1 atom stereocenters. The molecule has 0 spiro atoms. The topological polar surface area (TPSA) is 116 Å². The highest BCUT2D eigenvalue weighted by Gasteiger charge is 2.21. The molecule has 5 rings (SSSR count). The van der Waals surface area contributed by atoms with Crippen LogP contribution in [-0.4, -0.2) is 31.4 Å². The van der Waals surface area contributed by atoms with E-state index in [4.69, 9.17) is 9.51 Å². The van der Waals surface area contributed by atoms with Crippen molar-refractivity contribution in [3.63, 3.8) is 0 Å². The minimum atomic E-state index is -0.0656. The van der Waals surface area contributed by atoms with Crippen LogP contribution in [0.1, 0.15) is 35.5 Å². The number of aromatic amines is 1. The highest BCUT2D eigenvalue weighted by Crippen LogP contribution is 2.35. The normalized spacial score (nSPS) is 13.0. The molecule has 5 aromatic rings. The summed E-state index contributed by atoms with van der Waals surface area (Å²) in [6.45, 7) is 6.02. The molecule has 0 saturated carbocycles. The molecular weight excluding hydrogens is 428 g/mol. The maximum atomic E-state index is 9.44. The summed E-state index contributed by atoms with van der Waals surface area (Å²) in [6.07, 6.45) is 4.09. The number of aryl methyl sites for hydroxylation is 2. The fraction of sp³-hybridized carbons (Fsp3) is 0.231. The third-order valence-electron chi connectivity index (χ3n) is 6.27. The first kappa shape index (κ1) is 21.6. The van der Waals surface area contributed by atoms with E-state index < -0.39 is 0 Å². The molecule has 0 aliphatic carbocycles. The minimum Gasteiger partial charge on any atom is -0.396 e. The lowest BCUT2D eigenvalue weighted by Crippen LogP contribution is -2.22. The molecule has 2 aromatic carbocycles. The lowest BCUT2D eigenvalue weighted by molar-refractivity contribution is 0.277. The molecule has 0 radical (unpaired) electrons. The van der Waals surface area contributed by atoms with Crippen LogP contribution in [0, 0.1) is 25.3 Å². The largest absolute Gasteiger partial charge is 0.396 e. The van der Waals surface area contributed by atoms with Gasteiger partial charge in [-0.05, 0) is 49.6 Å². The van der Waals surface area contributed by atoms with Gasteiger partial charge in [0.2, 0.25) is 11.8 Å². The molecule has 0 fully saturated rings. The Balaban J connectivity index is 1.81. The molecule has 3 aromatic heterocycles. The molecule has 0 aliphatic rings. The number of aliphatic hydroxyl groups is 1. The molecule has 0 saturated heterocycles. The SMILES string of the molecule is Cc1cc2c(cc1-c1c(C)noc1CCO)ncc1[nH]c(=NC#N)n([C@H](C)c3ccccc3)c12. The Hall–Kier alpha value is -4.22. The molecule has 34 heavy (non-hydrogen) atoms. The number of H-pyrrole nitrogens is 1. The third-order valence-corrected chi connectivity index (χ3v) is 6.27. The van der Waals surface area contributed by atoms with E-state index in [9.17, 15) is 10.4 Å². The van der Waals surface area contributed by atoms with Crippen LogP contribution >= 0.6 is 0 Å². The minimum absolute atomic E-state index is 0.0149. The Morgan fingerprint density at radius 3 is 2.76 bits per heavy atom. The summed E-state index contributed by atoms with van der Waals surface area (Å²) in [7, 11) is 0. The molecule has 0 aliphatic heterocycles. The molecule has 3 heterocycles. The van der Waals surface area contributed by atoms with E-state index in [2.05, 4.69) is 44.8 Å². The van der Waals surface area contributed by atoms with Crippen LogP contribution in [0.15, 0.2) is 58.2 Å². The molecule has 0 amide bonds. The van der Waals surface area contributed by atoms with Gasteiger partial charge in [-0.1, -0.05) is 35.5 Å². The lowest BCUT2D eigenvalue weighted by Gasteiger charge is -2.16. The second-order valence-corrected chi connectivity index (χ2v) is 8.36. The molecule has 2 N–H and O–H groups in total. The highest BCUT2D eigenvalue weighted by atomic mass is 16.5. The Labute approximate surface area is 195 Å². The number of nitrogens with one attached hydrogen (secondary N) is 1. The fourth-order valence-electron chi connectivity index (χ4n) is 4.66. The van der Waals surface area contributed by atoms with E-state index in [1.807, 2.05) is 44.3 Å². The summed E-state index contributed by atoms with van der Waals surface area (Å²) in [5.41, 5.74) is 7.81. The number of rotatable bonds is 5. The number of pyridine rings is 1. The quantitative estimate of drug-likeness (QED) is 0.385. The fourth-order valence-corrected chi connectivity index (χ4v) is 4.66. The standard InChI is InChI=1S/C26H24N6O2/c1-15-11-20-21(12-19(15)24-16(2)31-34-23(24)9-10-33)28-13-22-25(20)32(26(30-22)29-14-27)17(3)18-7-5-4-6-8-18/h4-8,11-13,17,33H,9-10H2,1-3H3,(H,29,30)/t17-/m1/s1. The van der Waals surface area contributed by atoms with Crippen molar-refractivity contribution in [2.24, 2.45) is 4.99 Å². The highest BCUT2D eigenvalue weighted by molar-refractivity contribution is 6.04. The first-order chi connectivity index (χ1) is 16.5. The summed E-state index contributed by atoms with van der Waals surface area (Å²) in [5, 5.41) is 23.8. The molecule has 8 heteroatoms. The van der Waals surface area contributed by atoms with Gasteiger partial charge in [0.1, 0.15) is 5.76 Å². The first-order valence-corrected chi connectivity index (χ1v) is 11.1. The predicted molar refractivity (Wildman–Crippen MR) is 129 cm³/mol. The van der Waals surface area contributed by atoms with Gasteiger partial charge in [-0.3, -0.25) is 4.98 Å². The van der Waals surface area contributed by atoms with E-state index in [-0.39, 0.29) is 12.6 Å². The number of fused-ring (bicyclic) bond motifs is 3. The Morgan fingerprint density at radius 1 is 1.24 bits per heavy atom. The second kappa shape index (κ2) is 8.61. The van der Waals surface area contributed by atoms with Crippen LogP contribution in [-0.2, 0) is 6.42 Å². The van der Waals surface area contributed by atoms with E-state index in [0.29, 0.717) is 17.8 Å². The van der Waals surface area contributed by atoms with Crippen molar-refractivity contribution in [3.8, 4) is 17.3 Å². The van der Waals surface area contributed by atoms with Crippen molar-refractivity contribution in [2.45, 2.75) is 33.2 Å². The number of benzene rings is 2. The van der Waals surface area contributed by atoms with Crippen LogP contribution < -0.4 is 5.62 Å². The van der Waals surface area contributed by atoms with E-state index >= 15 is 0 Å². The Bertz CT molecular complexity index is 1620. The molecule has 170 valence electrons. The van der Waals surface area contributed by atoms with Gasteiger partial charge >= 0.3 is 0 Å². The maximum Gasteiger partial charge on any atom is 0.219 e. The van der Waals surface area contributed by atoms with Crippen molar-refractivity contribution < 1.29 is 9.63 Å². The number of nitrogens with zero attached hydrogens (tertiary/aromatic N) is 5. The average Bonchev–Trinajstić information content (AvgIpc) is 3.39. The van der Waals surface area contributed by atoms with Crippen LogP contribution in [0.25, 0.3) is 33.1 Å². The van der Waals surface area contributed by atoms with E-state index in [1.165, 1.54) is 0 Å². The molecule has 0 bridgehead atoms. The van der Waals surface area contributed by atoms with Gasteiger partial charge in [0, 0.05) is 17.4 Å². The summed E-state index contributed by atoms with van der Waals surface area (Å²) >= 11 is 0. The van der Waals surface area contributed by atoms with Crippen LogP contribution in [0.4, 0.5) is 0 Å². The summed E-state index contributed by atoms with van der Waals surface area (Å²) in [6, 6.07) is 14.2. The zero-order chi connectivity index (χ0) is 23.8. The van der Waals surface area contributed by atoms with Gasteiger partial charge in [0.05, 0.1) is 41.1 Å². The van der Waals surface area contributed by atoms with Crippen molar-refractivity contribution in [2.75, 3.05) is 6.61 Å². The molecule has 8 nitrogen and oxygen atoms in total. The second-order valence-electron chi connectivity index (χ2n) is 8.36. The van der Waals surface area contributed by atoms with Crippen LogP contribution in [0.5, 0.6) is 0 Å². The number of aliphatic hydroxyl groups excluding tert-OH is 1. The summed E-state index contributed by atoms with van der Waals surface area (Å²) in [4.78, 5) is 12.0. The first-order valence-electron chi connectivity index (χ1n) is 11.1. The van der Waals surface area contributed by atoms with Crippen LogP contribution in [0.2, 0.25) is 0 Å². The van der Waals surface area contributed by atoms with Gasteiger partial charge in [-0.25, -0.2) is 0 Å². The van der Waals surface area contributed by atoms with Gasteiger partial charge in [0.15, 0.2) is 0 Å². The Morgan fingerprint density at radius 2 is 2.03 bits per heavy atom. The zero-order valence-electron chi connectivity index (χ0n) is 19.2. The third kappa shape index (κ3) is 3.47. The monoisotopic (exact) mass is 452 g/mol. The van der Waals surface area contributed by atoms with Crippen molar-refractivity contribution >= 4 is 21.9 Å². The zero-order valence-corrected chi connectivity index (χ0v) is 19.2. The van der Waals surface area contributed by atoms with Crippen molar-refractivity contribution in [1.82, 2.24) is 19.7 Å². The van der Waals surface area contributed by atoms with Gasteiger partial charge in [-0.15, -0.1) is 4.99 Å². The Kier molecular flexibility index (Phi) is 5.48. The van der Waals surface area contributed by atoms with Gasteiger partial charge < -0.3 is 19.2 Å². The number of hydrogen-bond donors (Lipinski definition) is 2. The van der Waals surface area contributed by atoms with E-state index in [1.54, 1.807) is 6.20 Å². The lowest BCUT2D eigenvalue weighted by atomic mass is 9.95. The smallest absolute Gasteiger partial charge is 0.219 e. The molecule has 0 unspecified atom stereocenters. The predicted octanol–water partition coefficient (Wildman–Crippen LogP) is 4.32. The van der Waals surface area contributed by atoms with E-state index in [0.717, 1.165) is 49.9 Å². The van der Waals surface area contributed by atoms with Crippen molar-refractivity contribution in [3.05, 3.63) is 76.9 Å². The van der Waals surface area contributed by atoms with Gasteiger partial charge in [-0.2, -0.15) is 5.26 Å². The number of hydrogen-bond acceptors (Lipinski definition) is 6. The number of nitriles is 1. The van der Waals surface area contributed by atoms with Gasteiger partial charge in [0.25, 0.3) is 0 Å².